The number of alkyl halides is 3. The van der Waals surface area contributed by atoms with Gasteiger partial charge in [-0.25, -0.2) is 0 Å². The van der Waals surface area contributed by atoms with Crippen LogP contribution in [-0.4, -0.2) is 12.1 Å². The molecule has 0 heterocycles. The van der Waals surface area contributed by atoms with E-state index in [-0.39, 0.29) is 5.69 Å². The second kappa shape index (κ2) is 4.61. The van der Waals surface area contributed by atoms with E-state index in [1.54, 1.807) is 30.3 Å². The second-order valence-electron chi connectivity index (χ2n) is 3.59. The Morgan fingerprint density at radius 1 is 1.06 bits per heavy atom. The van der Waals surface area contributed by atoms with E-state index in [1.165, 1.54) is 6.07 Å². The molecule has 0 spiro atoms. The molecule has 0 aliphatic rings. The molecule has 0 radical (unpaired) electrons. The first-order valence-electron chi connectivity index (χ1n) is 4.95. The zero-order valence-corrected chi connectivity index (χ0v) is 10.5. The minimum absolute atomic E-state index is 0.135. The zero-order valence-electron chi connectivity index (χ0n) is 8.88. The number of benzene rings is 2. The Balaban J connectivity index is 2.47. The Labute approximate surface area is 109 Å². The summed E-state index contributed by atoms with van der Waals surface area (Å²) in [5, 5.41) is 3.15. The number of hydrogen-bond acceptors (Lipinski definition) is 1. The third-order valence-electron chi connectivity index (χ3n) is 2.38. The Morgan fingerprint density at radius 3 is 2.28 bits per heavy atom. The number of rotatable bonds is 1. The third-order valence-corrected chi connectivity index (χ3v) is 3.07. The molecular weight excluding hydrogens is 311 g/mol. The maximum atomic E-state index is 12.2. The lowest BCUT2D eigenvalue weighted by atomic mass is 10.1. The van der Waals surface area contributed by atoms with Gasteiger partial charge in [0.25, 0.3) is 0 Å². The number of hydrogen-bond donors (Lipinski definition) is 1. The van der Waals surface area contributed by atoms with Crippen molar-refractivity contribution in [3.05, 3.63) is 40.9 Å². The van der Waals surface area contributed by atoms with Crippen LogP contribution in [0.4, 0.5) is 18.9 Å². The molecule has 2 nitrogen and oxygen atoms in total. The van der Waals surface area contributed by atoms with Gasteiger partial charge in [-0.15, -0.1) is 0 Å². The van der Waals surface area contributed by atoms with Crippen molar-refractivity contribution in [3.63, 3.8) is 0 Å². The Morgan fingerprint density at radius 2 is 1.67 bits per heavy atom. The number of fused-ring (bicyclic) bond motifs is 1. The zero-order chi connectivity index (χ0) is 13.3. The molecule has 18 heavy (non-hydrogen) atoms. The SMILES string of the molecule is O=C(Nc1ccc(Br)c2ccccc12)C(F)(F)F. The fraction of sp³-hybridized carbons (Fsp3) is 0.0833. The van der Waals surface area contributed by atoms with Gasteiger partial charge in [-0.05, 0) is 17.5 Å². The van der Waals surface area contributed by atoms with E-state index in [0.29, 0.717) is 5.39 Å². The van der Waals surface area contributed by atoms with Crippen LogP contribution < -0.4 is 5.32 Å². The topological polar surface area (TPSA) is 29.1 Å². The van der Waals surface area contributed by atoms with Gasteiger partial charge >= 0.3 is 12.1 Å². The highest BCUT2D eigenvalue weighted by molar-refractivity contribution is 9.10. The van der Waals surface area contributed by atoms with Crippen LogP contribution in [0.5, 0.6) is 0 Å². The summed E-state index contributed by atoms with van der Waals surface area (Å²) in [7, 11) is 0. The van der Waals surface area contributed by atoms with E-state index >= 15 is 0 Å². The van der Waals surface area contributed by atoms with E-state index in [2.05, 4.69) is 15.9 Å². The fourth-order valence-electron chi connectivity index (χ4n) is 1.56. The van der Waals surface area contributed by atoms with Crippen molar-refractivity contribution in [2.24, 2.45) is 0 Å². The van der Waals surface area contributed by atoms with E-state index in [9.17, 15) is 18.0 Å². The van der Waals surface area contributed by atoms with Crippen molar-refractivity contribution in [1.82, 2.24) is 0 Å². The van der Waals surface area contributed by atoms with Crippen molar-refractivity contribution in [2.45, 2.75) is 6.18 Å². The van der Waals surface area contributed by atoms with Crippen molar-refractivity contribution in [1.29, 1.82) is 0 Å². The van der Waals surface area contributed by atoms with Crippen molar-refractivity contribution in [3.8, 4) is 0 Å². The molecule has 2 aromatic rings. The summed E-state index contributed by atoms with van der Waals surface area (Å²) in [6, 6.07) is 9.87. The van der Waals surface area contributed by atoms with Gasteiger partial charge in [0.15, 0.2) is 0 Å². The number of nitrogens with one attached hydrogen (secondary N) is 1. The average molecular weight is 318 g/mol. The van der Waals surface area contributed by atoms with Crippen LogP contribution in [-0.2, 0) is 4.79 Å². The average Bonchev–Trinajstić information content (AvgIpc) is 2.32. The minimum atomic E-state index is -4.89. The van der Waals surface area contributed by atoms with Crippen LogP contribution in [0.15, 0.2) is 40.9 Å². The lowest BCUT2D eigenvalue weighted by molar-refractivity contribution is -0.167. The predicted octanol–water partition coefficient (Wildman–Crippen LogP) is 4.10. The van der Waals surface area contributed by atoms with Crippen molar-refractivity contribution < 1.29 is 18.0 Å². The smallest absolute Gasteiger partial charge is 0.318 e. The van der Waals surface area contributed by atoms with Crippen LogP contribution in [0.3, 0.4) is 0 Å². The summed E-state index contributed by atoms with van der Waals surface area (Å²) < 4.78 is 37.3. The summed E-state index contributed by atoms with van der Waals surface area (Å²) in [5.41, 5.74) is 0.135. The lowest BCUT2D eigenvalue weighted by Crippen LogP contribution is -2.29. The molecule has 0 atom stereocenters. The predicted molar refractivity (Wildman–Crippen MR) is 66.3 cm³/mol. The molecule has 2 aromatic carbocycles. The van der Waals surface area contributed by atoms with Crippen LogP contribution in [0.2, 0.25) is 0 Å². The van der Waals surface area contributed by atoms with Gasteiger partial charge in [0.2, 0.25) is 0 Å². The summed E-state index contributed by atoms with van der Waals surface area (Å²) in [6.45, 7) is 0. The van der Waals surface area contributed by atoms with Crippen LogP contribution in [0, 0.1) is 0 Å². The normalized spacial score (nSPS) is 11.6. The van der Waals surface area contributed by atoms with E-state index in [4.69, 9.17) is 0 Å². The number of amides is 1. The van der Waals surface area contributed by atoms with Crippen molar-refractivity contribution in [2.75, 3.05) is 5.32 Å². The van der Waals surface area contributed by atoms with E-state index in [1.807, 2.05) is 5.32 Å². The number of anilines is 1. The molecule has 0 unspecified atom stereocenters. The molecule has 0 fully saturated rings. The van der Waals surface area contributed by atoms with Gasteiger partial charge < -0.3 is 5.32 Å². The molecule has 0 aliphatic heterocycles. The van der Waals surface area contributed by atoms with Crippen LogP contribution in [0.25, 0.3) is 10.8 Å². The highest BCUT2D eigenvalue weighted by atomic mass is 79.9. The molecular formula is C12H7BrF3NO. The Bertz CT molecular complexity index is 610. The first kappa shape index (κ1) is 12.9. The molecule has 0 aromatic heterocycles. The Hall–Kier alpha value is -1.56. The Kier molecular flexibility index (Phi) is 3.30. The molecule has 1 N–H and O–H groups in total. The largest absolute Gasteiger partial charge is 0.471 e. The molecule has 6 heteroatoms. The summed E-state index contributed by atoms with van der Waals surface area (Å²) >= 11 is 3.30. The molecule has 0 bridgehead atoms. The lowest BCUT2D eigenvalue weighted by Gasteiger charge is -2.11. The van der Waals surface area contributed by atoms with Gasteiger partial charge in [-0.2, -0.15) is 13.2 Å². The molecule has 1 amide bonds. The maximum absolute atomic E-state index is 12.2. The van der Waals surface area contributed by atoms with Crippen LogP contribution >= 0.6 is 15.9 Å². The standard InChI is InChI=1S/C12H7BrF3NO/c13-9-5-6-10(17-11(18)12(14,15)16)8-4-2-1-3-7(8)9/h1-6H,(H,17,18). The highest BCUT2D eigenvalue weighted by Crippen LogP contribution is 2.30. The molecule has 94 valence electrons. The van der Waals surface area contributed by atoms with E-state index in [0.717, 1.165) is 9.86 Å². The molecule has 0 saturated heterocycles. The highest BCUT2D eigenvalue weighted by Gasteiger charge is 2.38. The van der Waals surface area contributed by atoms with Gasteiger partial charge in [-0.1, -0.05) is 40.2 Å². The molecule has 2 rings (SSSR count). The number of carbonyl (C=O) groups excluding carboxylic acids is 1. The van der Waals surface area contributed by atoms with Gasteiger partial charge in [0, 0.05) is 15.5 Å². The van der Waals surface area contributed by atoms with Gasteiger partial charge in [0.1, 0.15) is 0 Å². The summed E-state index contributed by atoms with van der Waals surface area (Å²) in [5.74, 6) is -1.98. The number of carbonyl (C=O) groups is 1. The quantitative estimate of drug-likeness (QED) is 0.842. The van der Waals surface area contributed by atoms with E-state index < -0.39 is 12.1 Å². The minimum Gasteiger partial charge on any atom is -0.318 e. The monoisotopic (exact) mass is 317 g/mol. The molecule has 0 aliphatic carbocycles. The fourth-order valence-corrected chi connectivity index (χ4v) is 2.04. The van der Waals surface area contributed by atoms with Crippen LogP contribution in [0.1, 0.15) is 0 Å². The molecule has 0 saturated carbocycles. The second-order valence-corrected chi connectivity index (χ2v) is 4.45. The number of halogens is 4. The third kappa shape index (κ3) is 2.48. The van der Waals surface area contributed by atoms with Gasteiger partial charge in [-0.3, -0.25) is 4.79 Å². The summed E-state index contributed by atoms with van der Waals surface area (Å²) in [6.07, 6.45) is -4.89. The first-order valence-corrected chi connectivity index (χ1v) is 5.74. The van der Waals surface area contributed by atoms with Crippen molar-refractivity contribution >= 4 is 38.3 Å². The summed E-state index contributed by atoms with van der Waals surface area (Å²) in [4.78, 5) is 10.9. The first-order chi connectivity index (χ1) is 8.39. The maximum Gasteiger partial charge on any atom is 0.471 e. The van der Waals surface area contributed by atoms with Gasteiger partial charge in [0.05, 0.1) is 0 Å².